The molecule has 0 atom stereocenters. The fourth-order valence-electron chi connectivity index (χ4n) is 2.99. The molecule has 1 aliphatic rings. The fraction of sp³-hybridized carbons (Fsp3) is 0.381. The molecule has 27 heavy (non-hydrogen) atoms. The highest BCUT2D eigenvalue weighted by Crippen LogP contribution is 2.29. The van der Waals surface area contributed by atoms with Crippen LogP contribution in [-0.2, 0) is 4.79 Å². The molecule has 2 aromatic carbocycles. The molecule has 1 heterocycles. The molecule has 1 fully saturated rings. The molecular formula is C21H24INO4. The van der Waals surface area contributed by atoms with E-state index < -0.39 is 0 Å². The molecular weight excluding hydrogens is 457 g/mol. The van der Waals surface area contributed by atoms with Gasteiger partial charge in [-0.2, -0.15) is 0 Å². The summed E-state index contributed by atoms with van der Waals surface area (Å²) in [6, 6.07) is 15.4. The lowest BCUT2D eigenvalue weighted by atomic mass is 10.1. The molecule has 0 radical (unpaired) electrons. The first-order valence-electron chi connectivity index (χ1n) is 9.20. The van der Waals surface area contributed by atoms with Gasteiger partial charge in [-0.15, -0.1) is 0 Å². The van der Waals surface area contributed by atoms with Gasteiger partial charge in [-0.3, -0.25) is 4.79 Å². The van der Waals surface area contributed by atoms with E-state index in [1.807, 2.05) is 60.4 Å². The molecule has 5 nitrogen and oxygen atoms in total. The monoisotopic (exact) mass is 481 g/mol. The molecule has 2 aromatic rings. The predicted molar refractivity (Wildman–Crippen MR) is 112 cm³/mol. The van der Waals surface area contributed by atoms with Crippen LogP contribution in [0.2, 0.25) is 0 Å². The minimum atomic E-state index is 0.0155. The van der Waals surface area contributed by atoms with Gasteiger partial charge in [0.05, 0.1) is 6.61 Å². The number of likely N-dealkylation sites (tertiary alicyclic amines) is 1. The molecule has 0 spiro atoms. The lowest BCUT2D eigenvalue weighted by Gasteiger charge is -2.32. The summed E-state index contributed by atoms with van der Waals surface area (Å²) < 4.78 is 18.5. The highest BCUT2D eigenvalue weighted by atomic mass is 127. The van der Waals surface area contributed by atoms with Crippen LogP contribution in [0.15, 0.2) is 48.5 Å². The number of rotatable bonds is 7. The second-order valence-electron chi connectivity index (χ2n) is 6.32. The standard InChI is InChI=1S/C21H24INO4/c1-2-25-19-5-3-4-6-20(19)27-18-11-13-23(14-12-18)21(24)15-26-17-9-7-16(22)8-10-17/h3-10,18H,2,11-15H2,1H3. The first kappa shape index (κ1) is 19.8. The van der Waals surface area contributed by atoms with Crippen molar-refractivity contribution in [1.29, 1.82) is 0 Å². The highest BCUT2D eigenvalue weighted by Gasteiger charge is 2.24. The van der Waals surface area contributed by atoms with Gasteiger partial charge in [-0.1, -0.05) is 12.1 Å². The number of amides is 1. The van der Waals surface area contributed by atoms with Crippen molar-refractivity contribution in [2.45, 2.75) is 25.9 Å². The molecule has 0 bridgehead atoms. The first-order valence-corrected chi connectivity index (χ1v) is 10.3. The lowest BCUT2D eigenvalue weighted by Crippen LogP contribution is -2.43. The van der Waals surface area contributed by atoms with E-state index >= 15 is 0 Å². The summed E-state index contributed by atoms with van der Waals surface area (Å²) in [5, 5.41) is 0. The maximum Gasteiger partial charge on any atom is 0.260 e. The minimum Gasteiger partial charge on any atom is -0.490 e. The summed E-state index contributed by atoms with van der Waals surface area (Å²) in [4.78, 5) is 14.2. The molecule has 0 N–H and O–H groups in total. The Hall–Kier alpha value is -1.96. The van der Waals surface area contributed by atoms with Gasteiger partial charge in [0.25, 0.3) is 5.91 Å². The average molecular weight is 481 g/mol. The smallest absolute Gasteiger partial charge is 0.260 e. The van der Waals surface area contributed by atoms with Crippen molar-refractivity contribution >= 4 is 28.5 Å². The third-order valence-corrected chi connectivity index (χ3v) is 5.13. The number of benzene rings is 2. The number of piperidine rings is 1. The van der Waals surface area contributed by atoms with Gasteiger partial charge in [-0.25, -0.2) is 0 Å². The quantitative estimate of drug-likeness (QED) is 0.558. The van der Waals surface area contributed by atoms with Gasteiger partial charge in [0.15, 0.2) is 18.1 Å². The second kappa shape index (κ2) is 9.82. The molecule has 0 aromatic heterocycles. The van der Waals surface area contributed by atoms with E-state index in [9.17, 15) is 4.79 Å². The Bertz CT molecular complexity index is 742. The Morgan fingerprint density at radius 2 is 1.70 bits per heavy atom. The summed E-state index contributed by atoms with van der Waals surface area (Å²) >= 11 is 2.24. The SMILES string of the molecule is CCOc1ccccc1OC1CCN(C(=O)COc2ccc(I)cc2)CC1. The van der Waals surface area contributed by atoms with Crippen LogP contribution in [0.3, 0.4) is 0 Å². The molecule has 3 rings (SSSR count). The maximum absolute atomic E-state index is 12.4. The number of hydrogen-bond acceptors (Lipinski definition) is 4. The largest absolute Gasteiger partial charge is 0.490 e. The van der Waals surface area contributed by atoms with Gasteiger partial charge >= 0.3 is 0 Å². The Balaban J connectivity index is 1.45. The average Bonchev–Trinajstić information content (AvgIpc) is 2.69. The summed E-state index contributed by atoms with van der Waals surface area (Å²) in [5.41, 5.74) is 0. The zero-order valence-electron chi connectivity index (χ0n) is 15.4. The zero-order chi connectivity index (χ0) is 19.1. The van der Waals surface area contributed by atoms with E-state index in [1.165, 1.54) is 0 Å². The number of ether oxygens (including phenoxy) is 3. The summed E-state index contributed by atoms with van der Waals surface area (Å²) in [6.45, 7) is 3.99. The van der Waals surface area contributed by atoms with Crippen LogP contribution < -0.4 is 14.2 Å². The van der Waals surface area contributed by atoms with E-state index in [1.54, 1.807) is 0 Å². The number of carbonyl (C=O) groups excluding carboxylic acids is 1. The second-order valence-corrected chi connectivity index (χ2v) is 7.57. The van der Waals surface area contributed by atoms with Crippen LogP contribution in [-0.4, -0.2) is 43.2 Å². The van der Waals surface area contributed by atoms with Gasteiger partial charge in [0.2, 0.25) is 0 Å². The van der Waals surface area contributed by atoms with Crippen molar-refractivity contribution in [3.63, 3.8) is 0 Å². The number of nitrogens with zero attached hydrogens (tertiary/aromatic N) is 1. The topological polar surface area (TPSA) is 48.0 Å². The number of halogens is 1. The Morgan fingerprint density at radius 1 is 1.04 bits per heavy atom. The van der Waals surface area contributed by atoms with Gasteiger partial charge in [0, 0.05) is 29.5 Å². The van der Waals surface area contributed by atoms with Gasteiger partial charge < -0.3 is 19.1 Å². The molecule has 6 heteroatoms. The Labute approximate surface area is 173 Å². The third-order valence-electron chi connectivity index (χ3n) is 4.41. The molecule has 1 aliphatic heterocycles. The van der Waals surface area contributed by atoms with Crippen LogP contribution >= 0.6 is 22.6 Å². The minimum absolute atomic E-state index is 0.0155. The molecule has 1 saturated heterocycles. The van der Waals surface area contributed by atoms with Crippen LogP contribution in [0.5, 0.6) is 17.2 Å². The van der Waals surface area contributed by atoms with E-state index in [0.29, 0.717) is 19.7 Å². The molecule has 1 amide bonds. The third kappa shape index (κ3) is 5.76. The predicted octanol–water partition coefficient (Wildman–Crippen LogP) is 4.14. The lowest BCUT2D eigenvalue weighted by molar-refractivity contribution is -0.135. The highest BCUT2D eigenvalue weighted by molar-refractivity contribution is 14.1. The van der Waals surface area contributed by atoms with E-state index in [0.717, 1.165) is 33.7 Å². The Morgan fingerprint density at radius 3 is 2.37 bits per heavy atom. The zero-order valence-corrected chi connectivity index (χ0v) is 17.6. The van der Waals surface area contributed by atoms with E-state index in [-0.39, 0.29) is 18.6 Å². The summed E-state index contributed by atoms with van der Waals surface area (Å²) in [7, 11) is 0. The summed E-state index contributed by atoms with van der Waals surface area (Å²) in [6.07, 6.45) is 1.69. The van der Waals surface area contributed by atoms with E-state index in [4.69, 9.17) is 14.2 Å². The van der Waals surface area contributed by atoms with E-state index in [2.05, 4.69) is 22.6 Å². The fourth-order valence-corrected chi connectivity index (χ4v) is 3.35. The molecule has 0 unspecified atom stereocenters. The van der Waals surface area contributed by atoms with Crippen molar-refractivity contribution in [1.82, 2.24) is 4.90 Å². The van der Waals surface area contributed by atoms with Crippen molar-refractivity contribution < 1.29 is 19.0 Å². The summed E-state index contributed by atoms with van der Waals surface area (Å²) in [5.74, 6) is 2.27. The van der Waals surface area contributed by atoms with Crippen molar-refractivity contribution in [2.75, 3.05) is 26.3 Å². The van der Waals surface area contributed by atoms with Crippen molar-refractivity contribution in [3.8, 4) is 17.2 Å². The van der Waals surface area contributed by atoms with Crippen LogP contribution in [0, 0.1) is 3.57 Å². The van der Waals surface area contributed by atoms with Crippen LogP contribution in [0.4, 0.5) is 0 Å². The number of hydrogen-bond donors (Lipinski definition) is 0. The maximum atomic E-state index is 12.4. The van der Waals surface area contributed by atoms with Crippen LogP contribution in [0.25, 0.3) is 0 Å². The molecule has 0 aliphatic carbocycles. The number of para-hydroxylation sites is 2. The van der Waals surface area contributed by atoms with Crippen molar-refractivity contribution in [3.05, 3.63) is 52.1 Å². The van der Waals surface area contributed by atoms with Crippen molar-refractivity contribution in [2.24, 2.45) is 0 Å². The van der Waals surface area contributed by atoms with Gasteiger partial charge in [0.1, 0.15) is 11.9 Å². The first-order chi connectivity index (χ1) is 13.2. The van der Waals surface area contributed by atoms with Gasteiger partial charge in [-0.05, 0) is 65.9 Å². The molecule has 144 valence electrons. The number of carbonyl (C=O) groups is 1. The van der Waals surface area contributed by atoms with Crippen LogP contribution in [0.1, 0.15) is 19.8 Å². The normalized spacial score (nSPS) is 14.7. The molecule has 0 saturated carbocycles. The Kier molecular flexibility index (Phi) is 7.20.